The molecule has 1 saturated heterocycles. The number of pyridine rings is 1. The second kappa shape index (κ2) is 12.1. The van der Waals surface area contributed by atoms with Crippen LogP contribution >= 0.6 is 23.2 Å². The minimum Gasteiger partial charge on any atom is -0.493 e. The third-order valence-corrected chi connectivity index (χ3v) is 5.41. The summed E-state index contributed by atoms with van der Waals surface area (Å²) in [6.07, 6.45) is 5.66. The Kier molecular flexibility index (Phi) is 9.88. The van der Waals surface area contributed by atoms with Crippen LogP contribution in [-0.4, -0.2) is 30.6 Å². The Morgan fingerprint density at radius 2 is 1.87 bits per heavy atom. The fourth-order valence-corrected chi connectivity index (χ4v) is 4.00. The van der Waals surface area contributed by atoms with Crippen molar-refractivity contribution in [3.05, 3.63) is 45.7 Å². The Balaban J connectivity index is 0.00000166. The smallest absolute Gasteiger partial charge is 0.162 e. The molecule has 1 unspecified atom stereocenters. The van der Waals surface area contributed by atoms with Crippen molar-refractivity contribution in [1.82, 2.24) is 4.98 Å². The quantitative estimate of drug-likeness (QED) is 0.433. The molecule has 0 saturated carbocycles. The predicted molar refractivity (Wildman–Crippen MR) is 127 cm³/mol. The minimum absolute atomic E-state index is 0.0771. The summed E-state index contributed by atoms with van der Waals surface area (Å²) in [4.78, 5) is 3.98. The van der Waals surface area contributed by atoms with E-state index in [1.165, 1.54) is 12.4 Å². The van der Waals surface area contributed by atoms with Crippen molar-refractivity contribution >= 4 is 34.6 Å². The Morgan fingerprint density at radius 3 is 2.42 bits per heavy atom. The largest absolute Gasteiger partial charge is 0.493 e. The summed E-state index contributed by atoms with van der Waals surface area (Å²) in [5.74, 6) is 1.04. The van der Waals surface area contributed by atoms with Gasteiger partial charge in [0.05, 0.1) is 17.2 Å². The van der Waals surface area contributed by atoms with Crippen molar-refractivity contribution in [3.8, 4) is 11.5 Å². The monoisotopic (exact) mass is 467 g/mol. The molecule has 2 N–H and O–H groups in total. The van der Waals surface area contributed by atoms with Gasteiger partial charge in [-0.2, -0.15) is 0 Å². The fourth-order valence-electron chi connectivity index (χ4n) is 3.33. The van der Waals surface area contributed by atoms with Gasteiger partial charge in [0.15, 0.2) is 11.5 Å². The Morgan fingerprint density at radius 1 is 1.19 bits per heavy atom. The van der Waals surface area contributed by atoms with Gasteiger partial charge in [0.1, 0.15) is 12.3 Å². The molecule has 1 fully saturated rings. The lowest BCUT2D eigenvalue weighted by Crippen LogP contribution is -2.28. The van der Waals surface area contributed by atoms with E-state index in [2.05, 4.69) is 10.3 Å². The summed E-state index contributed by atoms with van der Waals surface area (Å²) in [5, 5.41) is 12.5. The van der Waals surface area contributed by atoms with E-state index in [4.69, 9.17) is 42.8 Å². The molecule has 170 valence electrons. The molecule has 1 aromatic carbocycles. The van der Waals surface area contributed by atoms with Crippen LogP contribution in [0.4, 0.5) is 5.69 Å². The van der Waals surface area contributed by atoms with Crippen LogP contribution in [-0.2, 0) is 4.74 Å². The maximum absolute atomic E-state index is 8.20. The lowest BCUT2D eigenvalue weighted by atomic mass is 10.1. The van der Waals surface area contributed by atoms with Crippen molar-refractivity contribution in [2.75, 3.05) is 19.0 Å². The van der Waals surface area contributed by atoms with E-state index in [1.807, 2.05) is 26.8 Å². The van der Waals surface area contributed by atoms with Crippen LogP contribution in [0, 0.1) is 5.41 Å². The number of methoxy groups -OCH3 is 1. The Hall–Kier alpha value is -2.02. The highest BCUT2D eigenvalue weighted by atomic mass is 35.5. The molecule has 1 aliphatic rings. The van der Waals surface area contributed by atoms with E-state index >= 15 is 0 Å². The molecular weight excluding hydrogens is 437 g/mol. The molecule has 31 heavy (non-hydrogen) atoms. The van der Waals surface area contributed by atoms with Crippen molar-refractivity contribution in [2.45, 2.75) is 59.3 Å². The number of anilines is 1. The summed E-state index contributed by atoms with van der Waals surface area (Å²) in [6, 6.07) is 3.63. The van der Waals surface area contributed by atoms with E-state index in [-0.39, 0.29) is 6.23 Å². The molecule has 2 atom stereocenters. The van der Waals surface area contributed by atoms with Crippen LogP contribution in [0.5, 0.6) is 11.5 Å². The number of benzene rings is 1. The average molecular weight is 468 g/mol. The molecule has 1 aromatic heterocycles. The van der Waals surface area contributed by atoms with Gasteiger partial charge in [-0.1, -0.05) is 37.0 Å². The molecule has 0 aliphatic carbocycles. The molecule has 0 radical (unpaired) electrons. The number of aromatic nitrogens is 1. The third-order valence-electron chi connectivity index (χ3n) is 4.80. The number of ether oxygens (including phenoxy) is 3. The van der Waals surface area contributed by atoms with Gasteiger partial charge < -0.3 is 24.9 Å². The third kappa shape index (κ3) is 6.48. The maximum Gasteiger partial charge on any atom is 0.162 e. The number of hydrogen-bond donors (Lipinski definition) is 2. The Labute approximate surface area is 194 Å². The second-order valence-electron chi connectivity index (χ2n) is 6.95. The molecule has 8 heteroatoms. The highest BCUT2D eigenvalue weighted by Gasteiger charge is 2.21. The summed E-state index contributed by atoms with van der Waals surface area (Å²) < 4.78 is 17.5. The zero-order chi connectivity index (χ0) is 23.0. The van der Waals surface area contributed by atoms with Gasteiger partial charge in [-0.25, -0.2) is 0 Å². The number of hydrogen-bond acceptors (Lipinski definition) is 6. The van der Waals surface area contributed by atoms with E-state index in [0.29, 0.717) is 38.4 Å². The van der Waals surface area contributed by atoms with Gasteiger partial charge in [0.25, 0.3) is 0 Å². The van der Waals surface area contributed by atoms with Crippen LogP contribution in [0.15, 0.2) is 24.5 Å². The van der Waals surface area contributed by atoms with Gasteiger partial charge in [-0.3, -0.25) is 4.98 Å². The first-order chi connectivity index (χ1) is 14.9. The first-order valence-corrected chi connectivity index (χ1v) is 11.3. The van der Waals surface area contributed by atoms with Gasteiger partial charge in [-0.15, -0.1) is 0 Å². The van der Waals surface area contributed by atoms with Crippen LogP contribution in [0.25, 0.3) is 0 Å². The average Bonchev–Trinajstić information content (AvgIpc) is 2.76. The van der Waals surface area contributed by atoms with Crippen molar-refractivity contribution in [3.63, 3.8) is 0 Å². The van der Waals surface area contributed by atoms with Crippen LogP contribution in [0.2, 0.25) is 10.0 Å². The Bertz CT molecular complexity index is 866. The van der Waals surface area contributed by atoms with Gasteiger partial charge in [0, 0.05) is 47.6 Å². The normalized spacial score (nSPS) is 16.5. The summed E-state index contributed by atoms with van der Waals surface area (Å²) in [7, 11) is 1.58. The standard InChI is InChI=1S/C21H25Cl2N3O3.C2H6/c1-12(24)14-8-19(29-13(2)21-15(22)10-25-11-16(21)23)18(27-3)9-17(14)26-20-6-4-5-7-28-20;1-2/h8-11,13,20,24,26H,4-7H2,1-3H3;1-2H3/t13-,20?;/m1./s1. The number of nitrogens with zero attached hydrogens (tertiary/aromatic N) is 1. The molecular formula is C23H31Cl2N3O3. The molecule has 2 heterocycles. The summed E-state index contributed by atoms with van der Waals surface area (Å²) in [5.41, 5.74) is 2.55. The van der Waals surface area contributed by atoms with Crippen molar-refractivity contribution < 1.29 is 14.2 Å². The summed E-state index contributed by atoms with van der Waals surface area (Å²) in [6.45, 7) is 8.32. The minimum atomic E-state index is -0.439. The van der Waals surface area contributed by atoms with Gasteiger partial charge in [0.2, 0.25) is 0 Å². The van der Waals surface area contributed by atoms with Gasteiger partial charge >= 0.3 is 0 Å². The topological polar surface area (TPSA) is 76.5 Å². The molecule has 0 spiro atoms. The maximum atomic E-state index is 8.20. The van der Waals surface area contributed by atoms with E-state index in [0.717, 1.165) is 31.6 Å². The summed E-state index contributed by atoms with van der Waals surface area (Å²) >= 11 is 12.5. The first-order valence-electron chi connectivity index (χ1n) is 10.5. The zero-order valence-electron chi connectivity index (χ0n) is 18.7. The van der Waals surface area contributed by atoms with Crippen molar-refractivity contribution in [1.29, 1.82) is 5.41 Å². The van der Waals surface area contributed by atoms with Crippen LogP contribution in [0.1, 0.15) is 64.2 Å². The number of rotatable bonds is 7. The second-order valence-corrected chi connectivity index (χ2v) is 7.76. The number of halogens is 2. The van der Waals surface area contributed by atoms with E-state index in [1.54, 1.807) is 20.1 Å². The molecule has 0 bridgehead atoms. The zero-order valence-corrected chi connectivity index (χ0v) is 20.2. The molecule has 6 nitrogen and oxygen atoms in total. The van der Waals surface area contributed by atoms with E-state index in [9.17, 15) is 0 Å². The van der Waals surface area contributed by atoms with Crippen molar-refractivity contribution in [2.24, 2.45) is 0 Å². The highest BCUT2D eigenvalue weighted by Crippen LogP contribution is 2.39. The fraction of sp³-hybridized carbons (Fsp3) is 0.478. The van der Waals surface area contributed by atoms with Gasteiger partial charge in [-0.05, 0) is 39.2 Å². The lowest BCUT2D eigenvalue weighted by molar-refractivity contribution is 0.0343. The molecule has 3 rings (SSSR count). The lowest BCUT2D eigenvalue weighted by Gasteiger charge is -2.26. The first kappa shape index (κ1) is 25.2. The van der Waals surface area contributed by atoms with Crippen LogP contribution in [0.3, 0.4) is 0 Å². The van der Waals surface area contributed by atoms with E-state index < -0.39 is 6.10 Å². The van der Waals surface area contributed by atoms with Crippen LogP contribution < -0.4 is 14.8 Å². The highest BCUT2D eigenvalue weighted by molar-refractivity contribution is 6.35. The number of nitrogens with one attached hydrogen (secondary N) is 2. The SMILES string of the molecule is CC.COc1cc(NC2CCCCO2)c(C(C)=N)cc1O[C@H](C)c1c(Cl)cncc1Cl. The molecule has 2 aromatic rings. The predicted octanol–water partition coefficient (Wildman–Crippen LogP) is 6.89. The molecule has 1 aliphatic heterocycles. The molecule has 0 amide bonds.